The summed E-state index contributed by atoms with van der Waals surface area (Å²) in [5, 5.41) is 3.63. The lowest BCUT2D eigenvalue weighted by Gasteiger charge is -2.12. The highest BCUT2D eigenvalue weighted by Gasteiger charge is 2.11. The molecule has 0 radical (unpaired) electrons. The number of aromatic nitrogens is 2. The Bertz CT molecular complexity index is 1190. The number of nitrogens with zero attached hydrogens (tertiary/aromatic N) is 2. The van der Waals surface area contributed by atoms with Crippen molar-refractivity contribution in [1.82, 2.24) is 9.97 Å². The summed E-state index contributed by atoms with van der Waals surface area (Å²) >= 11 is 0. The average molecular weight is 415 g/mol. The molecular formula is C24H21N3O4. The number of anilines is 1. The molecular weight excluding hydrogens is 394 g/mol. The van der Waals surface area contributed by atoms with Gasteiger partial charge in [0.2, 0.25) is 5.91 Å². The second-order valence-electron chi connectivity index (χ2n) is 6.75. The Morgan fingerprint density at radius 3 is 2.42 bits per heavy atom. The van der Waals surface area contributed by atoms with Gasteiger partial charge < -0.3 is 19.5 Å². The summed E-state index contributed by atoms with van der Waals surface area (Å²) in [5.41, 5.74) is 2.28. The minimum absolute atomic E-state index is 0.108. The fourth-order valence-corrected chi connectivity index (χ4v) is 3.17. The second-order valence-corrected chi connectivity index (χ2v) is 6.75. The Balaban J connectivity index is 1.49. The predicted octanol–water partition coefficient (Wildman–Crippen LogP) is 4.62. The van der Waals surface area contributed by atoms with E-state index in [1.165, 1.54) is 0 Å². The van der Waals surface area contributed by atoms with E-state index in [2.05, 4.69) is 15.3 Å². The van der Waals surface area contributed by atoms with E-state index in [0.29, 0.717) is 28.7 Å². The zero-order chi connectivity index (χ0) is 21.6. The Morgan fingerprint density at radius 1 is 0.935 bits per heavy atom. The summed E-state index contributed by atoms with van der Waals surface area (Å²) in [4.78, 5) is 20.6. The lowest BCUT2D eigenvalue weighted by atomic mass is 10.1. The molecule has 4 rings (SSSR count). The largest absolute Gasteiger partial charge is 0.493 e. The van der Waals surface area contributed by atoms with Crippen molar-refractivity contribution < 1.29 is 19.0 Å². The smallest absolute Gasteiger partial charge is 0.228 e. The molecule has 0 spiro atoms. The molecule has 31 heavy (non-hydrogen) atoms. The summed E-state index contributed by atoms with van der Waals surface area (Å²) in [5.74, 6) is 2.39. The maximum absolute atomic E-state index is 12.2. The van der Waals surface area contributed by atoms with Crippen molar-refractivity contribution in [2.45, 2.75) is 6.42 Å². The lowest BCUT2D eigenvalue weighted by molar-refractivity contribution is -0.115. The van der Waals surface area contributed by atoms with Crippen molar-refractivity contribution in [2.24, 2.45) is 0 Å². The van der Waals surface area contributed by atoms with Crippen LogP contribution in [-0.2, 0) is 11.2 Å². The first-order valence-electron chi connectivity index (χ1n) is 9.63. The van der Waals surface area contributed by atoms with Gasteiger partial charge in [0.25, 0.3) is 0 Å². The van der Waals surface area contributed by atoms with E-state index in [-0.39, 0.29) is 12.3 Å². The van der Waals surface area contributed by atoms with Gasteiger partial charge >= 0.3 is 0 Å². The summed E-state index contributed by atoms with van der Waals surface area (Å²) in [7, 11) is 3.17. The first kappa shape index (κ1) is 20.2. The molecule has 1 amide bonds. The van der Waals surface area contributed by atoms with Crippen molar-refractivity contribution in [3.63, 3.8) is 0 Å². The highest BCUT2D eigenvalue weighted by molar-refractivity contribution is 5.92. The zero-order valence-electron chi connectivity index (χ0n) is 17.2. The van der Waals surface area contributed by atoms with Crippen molar-refractivity contribution in [2.75, 3.05) is 19.5 Å². The Hall–Kier alpha value is -4.13. The third-order valence-corrected chi connectivity index (χ3v) is 4.67. The number of methoxy groups -OCH3 is 2. The van der Waals surface area contributed by atoms with E-state index in [4.69, 9.17) is 14.2 Å². The molecule has 4 aromatic rings. The lowest BCUT2D eigenvalue weighted by Crippen LogP contribution is -2.14. The van der Waals surface area contributed by atoms with Crippen molar-refractivity contribution in [3.05, 3.63) is 78.8 Å². The fraction of sp³-hybridized carbons (Fsp3) is 0.125. The topological polar surface area (TPSA) is 82.6 Å². The van der Waals surface area contributed by atoms with E-state index in [1.807, 2.05) is 36.4 Å². The molecule has 0 fully saturated rings. The van der Waals surface area contributed by atoms with Gasteiger partial charge in [-0.25, -0.2) is 0 Å². The predicted molar refractivity (Wildman–Crippen MR) is 118 cm³/mol. The van der Waals surface area contributed by atoms with E-state index in [0.717, 1.165) is 16.5 Å². The van der Waals surface area contributed by atoms with Crippen LogP contribution in [-0.4, -0.2) is 30.1 Å². The Morgan fingerprint density at radius 2 is 1.71 bits per heavy atom. The molecule has 156 valence electrons. The number of carbonyl (C=O) groups is 1. The Kier molecular flexibility index (Phi) is 5.93. The summed E-state index contributed by atoms with van der Waals surface area (Å²) in [6.45, 7) is 0. The van der Waals surface area contributed by atoms with Crippen molar-refractivity contribution in [1.29, 1.82) is 0 Å². The minimum atomic E-state index is -0.108. The molecule has 0 aliphatic carbocycles. The SMILES string of the molecule is COc1cc2nccc(Oc3ccc(CC(=O)Nc4cccnc4)cc3)c2cc1OC. The fourth-order valence-electron chi connectivity index (χ4n) is 3.17. The minimum Gasteiger partial charge on any atom is -0.493 e. The van der Waals surface area contributed by atoms with E-state index in [9.17, 15) is 4.79 Å². The number of ether oxygens (including phenoxy) is 3. The van der Waals surface area contributed by atoms with Crippen LogP contribution >= 0.6 is 0 Å². The van der Waals surface area contributed by atoms with Gasteiger partial charge in [-0.2, -0.15) is 0 Å². The molecule has 2 heterocycles. The van der Waals surface area contributed by atoms with Crippen LogP contribution in [0.2, 0.25) is 0 Å². The van der Waals surface area contributed by atoms with E-state index < -0.39 is 0 Å². The van der Waals surface area contributed by atoms with Crippen molar-refractivity contribution in [3.8, 4) is 23.0 Å². The number of fused-ring (bicyclic) bond motifs is 1. The maximum Gasteiger partial charge on any atom is 0.228 e. The van der Waals surface area contributed by atoms with Gasteiger partial charge in [0.15, 0.2) is 11.5 Å². The van der Waals surface area contributed by atoms with Crippen LogP contribution in [0.15, 0.2) is 73.2 Å². The molecule has 0 saturated heterocycles. The molecule has 0 atom stereocenters. The summed E-state index contributed by atoms with van der Waals surface area (Å²) < 4.78 is 16.8. The van der Waals surface area contributed by atoms with Crippen LogP contribution in [0.25, 0.3) is 10.9 Å². The van der Waals surface area contributed by atoms with E-state index in [1.54, 1.807) is 51.0 Å². The highest BCUT2D eigenvalue weighted by atomic mass is 16.5. The molecule has 2 aromatic heterocycles. The van der Waals surface area contributed by atoms with Crippen LogP contribution < -0.4 is 19.5 Å². The van der Waals surface area contributed by atoms with Crippen LogP contribution in [0.3, 0.4) is 0 Å². The summed E-state index contributed by atoms with van der Waals surface area (Å²) in [6.07, 6.45) is 5.20. The molecule has 7 heteroatoms. The van der Waals surface area contributed by atoms with Gasteiger partial charge in [0, 0.05) is 23.8 Å². The van der Waals surface area contributed by atoms with Gasteiger partial charge in [-0.15, -0.1) is 0 Å². The normalized spacial score (nSPS) is 10.5. The third-order valence-electron chi connectivity index (χ3n) is 4.67. The molecule has 2 aromatic carbocycles. The average Bonchev–Trinajstić information content (AvgIpc) is 2.80. The Labute approximate surface area is 179 Å². The van der Waals surface area contributed by atoms with Crippen LogP contribution in [0.5, 0.6) is 23.0 Å². The first-order chi connectivity index (χ1) is 15.2. The molecule has 0 unspecified atom stereocenters. The zero-order valence-corrected chi connectivity index (χ0v) is 17.2. The molecule has 0 aliphatic rings. The standard InChI is InChI=1S/C24H21N3O4/c1-29-22-13-19-20(14-23(22)30-2)26-11-9-21(19)31-18-7-5-16(6-8-18)12-24(28)27-17-4-3-10-25-15-17/h3-11,13-15H,12H2,1-2H3,(H,27,28). The monoisotopic (exact) mass is 415 g/mol. The van der Waals surface area contributed by atoms with Gasteiger partial charge in [-0.1, -0.05) is 12.1 Å². The van der Waals surface area contributed by atoms with Crippen LogP contribution in [0.4, 0.5) is 5.69 Å². The molecule has 0 bridgehead atoms. The number of benzene rings is 2. The van der Waals surface area contributed by atoms with E-state index >= 15 is 0 Å². The highest BCUT2D eigenvalue weighted by Crippen LogP contribution is 2.36. The molecule has 0 saturated carbocycles. The third kappa shape index (κ3) is 4.72. The van der Waals surface area contributed by atoms with Gasteiger partial charge in [0.05, 0.1) is 38.0 Å². The van der Waals surface area contributed by atoms with Crippen molar-refractivity contribution >= 4 is 22.5 Å². The van der Waals surface area contributed by atoms with Gasteiger partial charge in [-0.3, -0.25) is 14.8 Å². The molecule has 7 nitrogen and oxygen atoms in total. The number of carbonyl (C=O) groups excluding carboxylic acids is 1. The number of hydrogen-bond donors (Lipinski definition) is 1. The summed E-state index contributed by atoms with van der Waals surface area (Å²) in [6, 6.07) is 16.4. The number of pyridine rings is 2. The van der Waals surface area contributed by atoms with Crippen LogP contribution in [0.1, 0.15) is 5.56 Å². The second kappa shape index (κ2) is 9.13. The van der Waals surface area contributed by atoms with Crippen LogP contribution in [0, 0.1) is 0 Å². The number of nitrogens with one attached hydrogen (secondary N) is 1. The molecule has 1 N–H and O–H groups in total. The first-order valence-corrected chi connectivity index (χ1v) is 9.63. The number of hydrogen-bond acceptors (Lipinski definition) is 6. The maximum atomic E-state index is 12.2. The number of rotatable bonds is 7. The van der Waals surface area contributed by atoms with Gasteiger partial charge in [-0.05, 0) is 42.0 Å². The quantitative estimate of drug-likeness (QED) is 0.474. The molecule has 0 aliphatic heterocycles. The number of amides is 1. The van der Waals surface area contributed by atoms with Gasteiger partial charge in [0.1, 0.15) is 11.5 Å².